The zero-order valence-corrected chi connectivity index (χ0v) is 42.2. The van der Waals surface area contributed by atoms with E-state index in [0.717, 1.165) is 38.5 Å². The Kier molecular flexibility index (Phi) is 53.0. The van der Waals surface area contributed by atoms with Crippen molar-refractivity contribution < 1.29 is 90.5 Å². The Labute approximate surface area is 411 Å². The molecule has 2 atom stereocenters. The van der Waals surface area contributed by atoms with Crippen LogP contribution in [0.1, 0.15) is 226 Å². The van der Waals surface area contributed by atoms with E-state index in [2.05, 4.69) is 19.2 Å². The Hall–Kier alpha value is -3.34. The molecule has 67 heavy (non-hydrogen) atoms. The summed E-state index contributed by atoms with van der Waals surface area (Å²) >= 11 is 0. The molecule has 1 unspecified atom stereocenters. The van der Waals surface area contributed by atoms with Crippen molar-refractivity contribution in [2.24, 2.45) is 0 Å². The van der Waals surface area contributed by atoms with E-state index in [-0.39, 0.29) is 92.1 Å². The van der Waals surface area contributed by atoms with E-state index >= 15 is 0 Å². The van der Waals surface area contributed by atoms with Gasteiger partial charge in [-0.2, -0.15) is 0 Å². The van der Waals surface area contributed by atoms with Crippen molar-refractivity contribution in [2.45, 2.75) is 238 Å². The van der Waals surface area contributed by atoms with Crippen LogP contribution < -0.4 is 20.6 Å². The number of ether oxygens (including phenoxy) is 3. The molecule has 17 nitrogen and oxygen atoms in total. The summed E-state index contributed by atoms with van der Waals surface area (Å²) in [5.41, 5.74) is 0. The molecule has 0 saturated carbocycles. The first-order chi connectivity index (χ1) is 30.9. The van der Waals surface area contributed by atoms with Gasteiger partial charge in [-0.15, -0.1) is 0 Å². The van der Waals surface area contributed by atoms with Crippen LogP contribution in [0.15, 0.2) is 0 Å². The number of carboxylic acids is 3. The van der Waals surface area contributed by atoms with Crippen molar-refractivity contribution in [1.82, 2.24) is 10.2 Å². The molecule has 0 spiro atoms. The van der Waals surface area contributed by atoms with Gasteiger partial charge in [0.1, 0.15) is 13.2 Å². The number of unbranched alkanes of at least 4 members (excludes halogenated alkanes) is 25. The number of hydrogen-bond acceptors (Lipinski definition) is 14. The number of nitrogens with zero attached hydrogens (tertiary/aromatic N) is 1. The maximum absolute atomic E-state index is 12.8. The van der Waals surface area contributed by atoms with Gasteiger partial charge in [-0.1, -0.05) is 168 Å². The van der Waals surface area contributed by atoms with Crippen LogP contribution in [0.5, 0.6) is 0 Å². The van der Waals surface area contributed by atoms with E-state index in [4.69, 9.17) is 14.2 Å². The zero-order chi connectivity index (χ0) is 47.5. The molecular weight excluding hydrogens is 915 g/mol. The third kappa shape index (κ3) is 47.5. The van der Waals surface area contributed by atoms with Gasteiger partial charge in [-0.3, -0.25) is 24.1 Å². The summed E-state index contributed by atoms with van der Waals surface area (Å²) in [4.78, 5) is 84.4. The second-order valence-electron chi connectivity index (χ2n) is 17.3. The van der Waals surface area contributed by atoms with Crippen molar-refractivity contribution in [3.05, 3.63) is 0 Å². The van der Waals surface area contributed by atoms with Crippen molar-refractivity contribution in [3.8, 4) is 0 Å². The van der Waals surface area contributed by atoms with Crippen molar-refractivity contribution in [1.29, 1.82) is 0 Å². The van der Waals surface area contributed by atoms with Gasteiger partial charge in [0.05, 0.1) is 30.4 Å². The van der Waals surface area contributed by atoms with Crippen LogP contribution in [0.2, 0.25) is 0 Å². The molecule has 0 heterocycles. The number of aliphatic carboxylic acids is 3. The third-order valence-electron chi connectivity index (χ3n) is 11.3. The summed E-state index contributed by atoms with van der Waals surface area (Å²) in [6.45, 7) is 2.09. The van der Waals surface area contributed by atoms with Gasteiger partial charge in [-0.05, 0) is 32.1 Å². The molecule has 0 aliphatic heterocycles. The fourth-order valence-corrected chi connectivity index (χ4v) is 7.50. The molecule has 0 aliphatic carbocycles. The minimum atomic E-state index is -1.66. The topological polar surface area (TPSA) is 298 Å². The van der Waals surface area contributed by atoms with Crippen LogP contribution in [0.3, 0.4) is 0 Å². The minimum absolute atomic E-state index is 0. The molecule has 0 aliphatic rings. The summed E-state index contributed by atoms with van der Waals surface area (Å²) in [5, 5.41) is 36.1. The van der Waals surface area contributed by atoms with E-state index in [1.54, 1.807) is 0 Å². The van der Waals surface area contributed by atoms with Crippen molar-refractivity contribution in [3.63, 3.8) is 0 Å². The molecular formula is C49H91N2NiO15+2. The number of carbonyl (C=O) groups is 7. The predicted molar refractivity (Wildman–Crippen MR) is 249 cm³/mol. The maximum atomic E-state index is 12.8. The Morgan fingerprint density at radius 2 is 0.821 bits per heavy atom. The Morgan fingerprint density at radius 1 is 0.463 bits per heavy atom. The van der Waals surface area contributed by atoms with Gasteiger partial charge in [-0.25, -0.2) is 0 Å². The van der Waals surface area contributed by atoms with E-state index in [9.17, 15) is 48.9 Å². The fraction of sp³-hybridized carbons (Fsp3) is 0.857. The van der Waals surface area contributed by atoms with Gasteiger partial charge >= 0.3 is 34.4 Å². The molecule has 0 rings (SSSR count). The number of carboxylic acid groups (broad SMARTS) is 3. The normalized spacial score (nSPS) is 11.6. The van der Waals surface area contributed by atoms with Gasteiger partial charge in [0, 0.05) is 38.9 Å². The minimum Gasteiger partial charge on any atom is -0.549 e. The van der Waals surface area contributed by atoms with Crippen LogP contribution in [0.4, 0.5) is 0 Å². The first kappa shape index (κ1) is 70.2. The van der Waals surface area contributed by atoms with E-state index in [1.807, 2.05) is 0 Å². The molecule has 0 aromatic rings. The molecule has 1 amide bonds. The third-order valence-corrected chi connectivity index (χ3v) is 11.3. The molecule has 0 fully saturated rings. The van der Waals surface area contributed by atoms with Crippen molar-refractivity contribution >= 4 is 41.7 Å². The number of nitrogens with one attached hydrogen (secondary N) is 1. The predicted octanol–water partition coefficient (Wildman–Crippen LogP) is 4.09. The quantitative estimate of drug-likeness (QED) is 0.0295. The van der Waals surface area contributed by atoms with Crippen LogP contribution in [0, 0.1) is 0 Å². The number of hydrogen-bond donors (Lipinski definition) is 1. The standard InChI is InChI=1S/C49H88N2O13.Ni.2H2O/c1-3-5-7-9-11-13-15-17-19-21-23-25-27-32-46(57)62-39-41(64-48(59)33-28-26-24-22-20-18-16-14-12-10-8-6-4-2)40-63-47(58)35-34-43(52)50-36-30-29-31-42(49(60)61)51(37-44(53)54)38-45(55)56;;;/h41-42H,3-40H2,1-2H3,(H,50,52)(H,53,54)(H,55,56)(H,60,61);;2*1H2/q;+3;;/p-1/t41-,42?;;;/m1.../s1. The smallest absolute Gasteiger partial charge is 0.549 e. The van der Waals surface area contributed by atoms with Crippen LogP contribution >= 0.6 is 0 Å². The average Bonchev–Trinajstić information content (AvgIpc) is 3.24. The largest absolute Gasteiger partial charge is 3.00 e. The molecule has 7 N–H and O–H groups in total. The first-order valence-electron chi connectivity index (χ1n) is 25.0. The number of esters is 3. The summed E-state index contributed by atoms with van der Waals surface area (Å²) in [6.07, 6.45) is 30.0. The second-order valence-corrected chi connectivity index (χ2v) is 17.3. The molecule has 0 aromatic heterocycles. The van der Waals surface area contributed by atoms with Crippen molar-refractivity contribution in [2.75, 3.05) is 32.8 Å². The van der Waals surface area contributed by atoms with Gasteiger partial charge < -0.3 is 60.2 Å². The molecule has 395 valence electrons. The SMILES string of the molecule is CCCCCCCCCCCCCCCC(=O)OC[C@H](COC(=O)CCC(=O)NCCCCC(C(=O)[O-])N(CC(=O)[O-])CC(=O)[O-])OC(=O)CCCCCCCCCCCCCCC.[Ni+3].[OH3+].[OH3+]. The van der Waals surface area contributed by atoms with Crippen LogP contribution in [-0.4, -0.2) is 91.6 Å². The summed E-state index contributed by atoms with van der Waals surface area (Å²) < 4.78 is 16.3. The van der Waals surface area contributed by atoms with Gasteiger partial charge in [0.15, 0.2) is 6.10 Å². The summed E-state index contributed by atoms with van der Waals surface area (Å²) in [6, 6.07) is -1.52. The maximum Gasteiger partial charge on any atom is 3.00 e. The Balaban J connectivity index is -0.00000661. The van der Waals surface area contributed by atoms with Crippen LogP contribution in [0.25, 0.3) is 0 Å². The fourth-order valence-electron chi connectivity index (χ4n) is 7.50. The molecule has 0 saturated heterocycles. The van der Waals surface area contributed by atoms with E-state index in [0.29, 0.717) is 17.7 Å². The second kappa shape index (κ2) is 50.5. The first-order valence-corrected chi connectivity index (χ1v) is 25.0. The molecule has 0 aromatic carbocycles. The Bertz CT molecular complexity index is 1240. The number of carbonyl (C=O) groups excluding carboxylic acids is 7. The molecule has 0 bridgehead atoms. The Morgan fingerprint density at radius 3 is 1.19 bits per heavy atom. The van der Waals surface area contributed by atoms with E-state index in [1.165, 1.54) is 116 Å². The number of amides is 1. The number of rotatable bonds is 47. The average molecular weight is 1010 g/mol. The monoisotopic (exact) mass is 1010 g/mol. The molecule has 1 radical (unpaired) electrons. The zero-order valence-electron chi connectivity index (χ0n) is 41.3. The summed E-state index contributed by atoms with van der Waals surface area (Å²) in [7, 11) is 0. The van der Waals surface area contributed by atoms with E-state index < -0.39 is 67.0 Å². The van der Waals surface area contributed by atoms with Crippen LogP contribution in [-0.2, 0) is 75.2 Å². The molecule has 18 heteroatoms. The van der Waals surface area contributed by atoms with Gasteiger partial charge in [0.25, 0.3) is 0 Å². The van der Waals surface area contributed by atoms with Gasteiger partial charge in [0.2, 0.25) is 5.91 Å². The summed E-state index contributed by atoms with van der Waals surface area (Å²) in [5.74, 6) is -7.04.